The van der Waals surface area contributed by atoms with Crippen molar-refractivity contribution in [3.63, 3.8) is 0 Å². The van der Waals surface area contributed by atoms with Crippen molar-refractivity contribution in [2.45, 2.75) is 32.0 Å². The molecule has 2 nitrogen and oxygen atoms in total. The Morgan fingerprint density at radius 3 is 2.39 bits per heavy atom. The molecular formula is C12H15F4NO. The van der Waals surface area contributed by atoms with E-state index in [0.29, 0.717) is 18.6 Å². The first kappa shape index (κ1) is 14.8. The molecule has 2 N–H and O–H groups in total. The molecule has 0 saturated carbocycles. The lowest BCUT2D eigenvalue weighted by molar-refractivity contribution is -0.137. The second kappa shape index (κ2) is 5.14. The largest absolute Gasteiger partial charge is 0.416 e. The van der Waals surface area contributed by atoms with E-state index in [2.05, 4.69) is 5.32 Å². The number of benzene rings is 1. The zero-order valence-electron chi connectivity index (χ0n) is 10.1. The first-order chi connectivity index (χ1) is 8.15. The number of nitrogens with one attached hydrogen (secondary N) is 1. The summed E-state index contributed by atoms with van der Waals surface area (Å²) < 4.78 is 50.6. The zero-order valence-corrected chi connectivity index (χ0v) is 10.1. The van der Waals surface area contributed by atoms with E-state index in [-0.39, 0.29) is 12.2 Å². The van der Waals surface area contributed by atoms with Crippen LogP contribution in [0.25, 0.3) is 0 Å². The molecule has 1 unspecified atom stereocenters. The Labute approximate surface area is 103 Å². The van der Waals surface area contributed by atoms with Gasteiger partial charge in [0.1, 0.15) is 5.82 Å². The molecule has 1 rings (SSSR count). The van der Waals surface area contributed by atoms with E-state index in [1.54, 1.807) is 6.92 Å². The van der Waals surface area contributed by atoms with Crippen molar-refractivity contribution in [2.75, 3.05) is 11.9 Å². The molecule has 6 heteroatoms. The third-order valence-corrected chi connectivity index (χ3v) is 2.72. The van der Waals surface area contributed by atoms with Crippen molar-refractivity contribution in [3.8, 4) is 0 Å². The summed E-state index contributed by atoms with van der Waals surface area (Å²) in [6.45, 7) is 3.22. The lowest BCUT2D eigenvalue weighted by Gasteiger charge is -2.22. The number of hydrogen-bond donors (Lipinski definition) is 2. The summed E-state index contributed by atoms with van der Waals surface area (Å²) in [7, 11) is 0. The predicted molar refractivity (Wildman–Crippen MR) is 60.8 cm³/mol. The van der Waals surface area contributed by atoms with Gasteiger partial charge in [0.25, 0.3) is 0 Å². The van der Waals surface area contributed by atoms with E-state index in [1.165, 1.54) is 6.92 Å². The maximum atomic E-state index is 13.3. The number of rotatable bonds is 4. The van der Waals surface area contributed by atoms with E-state index in [9.17, 15) is 22.7 Å². The SMILES string of the molecule is CCC(C)(O)CNc1cc(C(F)(F)F)ccc1F. The third-order valence-electron chi connectivity index (χ3n) is 2.72. The lowest BCUT2D eigenvalue weighted by atomic mass is 10.0. The van der Waals surface area contributed by atoms with Crippen molar-refractivity contribution in [3.05, 3.63) is 29.6 Å². The second-order valence-corrected chi connectivity index (χ2v) is 4.40. The van der Waals surface area contributed by atoms with E-state index < -0.39 is 23.2 Å². The Kier molecular flexibility index (Phi) is 4.21. The monoisotopic (exact) mass is 265 g/mol. The topological polar surface area (TPSA) is 32.3 Å². The van der Waals surface area contributed by atoms with Crippen molar-refractivity contribution >= 4 is 5.69 Å². The normalized spacial score (nSPS) is 15.3. The van der Waals surface area contributed by atoms with Gasteiger partial charge in [0.2, 0.25) is 0 Å². The first-order valence-electron chi connectivity index (χ1n) is 5.49. The standard InChI is InChI=1S/C12H15F4NO/c1-3-11(2,18)7-17-10-6-8(12(14,15)16)4-5-9(10)13/h4-6,17-18H,3,7H2,1-2H3. The van der Waals surface area contributed by atoms with Gasteiger partial charge in [0.15, 0.2) is 0 Å². The molecule has 0 saturated heterocycles. The molecule has 0 aliphatic carbocycles. The fraction of sp³-hybridized carbons (Fsp3) is 0.500. The molecule has 1 aromatic carbocycles. The van der Waals surface area contributed by atoms with Crippen LogP contribution in [0.4, 0.5) is 23.2 Å². The highest BCUT2D eigenvalue weighted by molar-refractivity contribution is 5.48. The molecule has 1 aromatic rings. The van der Waals surface area contributed by atoms with Crippen LogP contribution in [0.5, 0.6) is 0 Å². The highest BCUT2D eigenvalue weighted by Gasteiger charge is 2.31. The minimum Gasteiger partial charge on any atom is -0.388 e. The van der Waals surface area contributed by atoms with Gasteiger partial charge in [-0.3, -0.25) is 0 Å². The van der Waals surface area contributed by atoms with Gasteiger partial charge in [0, 0.05) is 6.54 Å². The summed E-state index contributed by atoms with van der Waals surface area (Å²) in [5.41, 5.74) is -2.29. The molecule has 0 heterocycles. The molecule has 0 aliphatic heterocycles. The summed E-state index contributed by atoms with van der Waals surface area (Å²) in [5.74, 6) is -0.782. The van der Waals surface area contributed by atoms with Crippen molar-refractivity contribution in [1.29, 1.82) is 0 Å². The minimum atomic E-state index is -4.52. The summed E-state index contributed by atoms with van der Waals surface area (Å²) in [5, 5.41) is 12.2. The highest BCUT2D eigenvalue weighted by Crippen LogP contribution is 2.31. The maximum Gasteiger partial charge on any atom is 0.416 e. The van der Waals surface area contributed by atoms with Gasteiger partial charge >= 0.3 is 6.18 Å². The fourth-order valence-corrected chi connectivity index (χ4v) is 1.25. The van der Waals surface area contributed by atoms with Gasteiger partial charge in [-0.25, -0.2) is 4.39 Å². The average Bonchev–Trinajstić information content (AvgIpc) is 2.26. The van der Waals surface area contributed by atoms with Crippen LogP contribution < -0.4 is 5.32 Å². The van der Waals surface area contributed by atoms with Crippen LogP contribution in [0.15, 0.2) is 18.2 Å². The number of anilines is 1. The molecule has 1 atom stereocenters. The van der Waals surface area contributed by atoms with Crippen LogP contribution in [0.3, 0.4) is 0 Å². The molecular weight excluding hydrogens is 250 g/mol. The van der Waals surface area contributed by atoms with Crippen LogP contribution in [0.1, 0.15) is 25.8 Å². The quantitative estimate of drug-likeness (QED) is 0.818. The summed E-state index contributed by atoms with van der Waals surface area (Å²) in [6.07, 6.45) is -4.11. The smallest absolute Gasteiger partial charge is 0.388 e. The Bertz CT molecular complexity index is 415. The van der Waals surface area contributed by atoms with Crippen LogP contribution in [-0.4, -0.2) is 17.3 Å². The summed E-state index contributed by atoms with van der Waals surface area (Å²) >= 11 is 0. The van der Waals surface area contributed by atoms with Crippen molar-refractivity contribution < 1.29 is 22.7 Å². The van der Waals surface area contributed by atoms with Crippen LogP contribution in [-0.2, 0) is 6.18 Å². The summed E-state index contributed by atoms with van der Waals surface area (Å²) in [6, 6.07) is 2.13. The van der Waals surface area contributed by atoms with E-state index in [0.717, 1.165) is 6.07 Å². The summed E-state index contributed by atoms with van der Waals surface area (Å²) in [4.78, 5) is 0. The van der Waals surface area contributed by atoms with E-state index in [1.807, 2.05) is 0 Å². The predicted octanol–water partition coefficient (Wildman–Crippen LogP) is 3.42. The van der Waals surface area contributed by atoms with Crippen LogP contribution in [0.2, 0.25) is 0 Å². The van der Waals surface area contributed by atoms with Gasteiger partial charge in [0.05, 0.1) is 16.9 Å². The average molecular weight is 265 g/mol. The number of halogens is 4. The number of hydrogen-bond acceptors (Lipinski definition) is 2. The first-order valence-corrected chi connectivity index (χ1v) is 5.49. The van der Waals surface area contributed by atoms with E-state index in [4.69, 9.17) is 0 Å². The van der Waals surface area contributed by atoms with Gasteiger partial charge < -0.3 is 10.4 Å². The van der Waals surface area contributed by atoms with Gasteiger partial charge in [-0.15, -0.1) is 0 Å². The van der Waals surface area contributed by atoms with Crippen LogP contribution >= 0.6 is 0 Å². The van der Waals surface area contributed by atoms with Crippen molar-refractivity contribution in [2.24, 2.45) is 0 Å². The Balaban J connectivity index is 2.89. The molecule has 0 bridgehead atoms. The second-order valence-electron chi connectivity index (χ2n) is 4.40. The van der Waals surface area contributed by atoms with E-state index >= 15 is 0 Å². The number of alkyl halides is 3. The van der Waals surface area contributed by atoms with Gasteiger partial charge in [-0.1, -0.05) is 6.92 Å². The highest BCUT2D eigenvalue weighted by atomic mass is 19.4. The Hall–Kier alpha value is -1.30. The lowest BCUT2D eigenvalue weighted by Crippen LogP contribution is -2.32. The molecule has 18 heavy (non-hydrogen) atoms. The molecule has 0 fully saturated rings. The maximum absolute atomic E-state index is 13.3. The minimum absolute atomic E-state index is 0.0261. The number of aliphatic hydroxyl groups is 1. The fourth-order valence-electron chi connectivity index (χ4n) is 1.25. The molecule has 102 valence electrons. The van der Waals surface area contributed by atoms with Crippen LogP contribution in [0, 0.1) is 5.82 Å². The Morgan fingerprint density at radius 1 is 1.28 bits per heavy atom. The molecule has 0 aliphatic rings. The molecule has 0 aromatic heterocycles. The molecule has 0 spiro atoms. The molecule has 0 amide bonds. The van der Waals surface area contributed by atoms with Gasteiger partial charge in [-0.05, 0) is 31.5 Å². The van der Waals surface area contributed by atoms with Gasteiger partial charge in [-0.2, -0.15) is 13.2 Å². The zero-order chi connectivity index (χ0) is 14.0. The third kappa shape index (κ3) is 3.87. The molecule has 0 radical (unpaired) electrons. The Morgan fingerprint density at radius 2 is 1.89 bits per heavy atom. The van der Waals surface area contributed by atoms with Crippen molar-refractivity contribution in [1.82, 2.24) is 0 Å².